The van der Waals surface area contributed by atoms with E-state index in [9.17, 15) is 4.79 Å². The number of anilines is 2. The van der Waals surface area contributed by atoms with Crippen molar-refractivity contribution < 1.29 is 9.53 Å². The van der Waals surface area contributed by atoms with Crippen molar-refractivity contribution in [1.29, 1.82) is 0 Å². The van der Waals surface area contributed by atoms with E-state index in [-0.39, 0.29) is 18.3 Å². The molecule has 4 nitrogen and oxygen atoms in total. The average molecular weight is 335 g/mol. The number of carbonyl (C=O) groups excluding carboxylic acids is 1. The van der Waals surface area contributed by atoms with Gasteiger partial charge in [-0.2, -0.15) is 0 Å². The lowest BCUT2D eigenvalue weighted by Gasteiger charge is -2.13. The normalized spacial score (nSPS) is 10.0. The summed E-state index contributed by atoms with van der Waals surface area (Å²) in [7, 11) is 0. The zero-order valence-corrected chi connectivity index (χ0v) is 14.2. The van der Waals surface area contributed by atoms with Gasteiger partial charge in [-0.3, -0.25) is 4.79 Å². The highest BCUT2D eigenvalue weighted by molar-refractivity contribution is 5.93. The number of halogens is 1. The molecule has 0 aliphatic carbocycles. The van der Waals surface area contributed by atoms with Crippen LogP contribution in [0.15, 0.2) is 48.5 Å². The average Bonchev–Trinajstić information content (AvgIpc) is 2.48. The van der Waals surface area contributed by atoms with Crippen LogP contribution in [0.5, 0.6) is 5.75 Å². The molecule has 0 spiro atoms. The third kappa shape index (κ3) is 6.20. The Morgan fingerprint density at radius 2 is 1.78 bits per heavy atom. The van der Waals surface area contributed by atoms with Crippen molar-refractivity contribution in [3.8, 4) is 5.75 Å². The second-order valence-corrected chi connectivity index (χ2v) is 5.67. The Balaban J connectivity index is 0.00000264. The maximum absolute atomic E-state index is 12.2. The number of ether oxygens (including phenoxy) is 1. The monoisotopic (exact) mass is 334 g/mol. The Bertz CT molecular complexity index is 627. The second-order valence-electron chi connectivity index (χ2n) is 5.67. The van der Waals surface area contributed by atoms with Crippen LogP contribution >= 0.6 is 12.4 Å². The molecule has 0 unspecified atom stereocenters. The van der Waals surface area contributed by atoms with E-state index >= 15 is 0 Å². The molecule has 2 aromatic carbocycles. The Labute approximate surface area is 143 Å². The molecule has 0 saturated carbocycles. The fourth-order valence-electron chi connectivity index (χ4n) is 1.97. The molecule has 0 fully saturated rings. The van der Waals surface area contributed by atoms with Crippen LogP contribution in [-0.2, 0) is 11.2 Å². The van der Waals surface area contributed by atoms with Gasteiger partial charge < -0.3 is 15.8 Å². The number of benzene rings is 2. The van der Waals surface area contributed by atoms with Crippen molar-refractivity contribution in [2.45, 2.75) is 20.3 Å². The van der Waals surface area contributed by atoms with E-state index < -0.39 is 0 Å². The van der Waals surface area contributed by atoms with Crippen LogP contribution in [0, 0.1) is 5.92 Å². The van der Waals surface area contributed by atoms with Crippen LogP contribution in [0.2, 0.25) is 0 Å². The molecule has 23 heavy (non-hydrogen) atoms. The highest BCUT2D eigenvalue weighted by Crippen LogP contribution is 2.24. The third-order valence-electron chi connectivity index (χ3n) is 3.08. The molecular formula is C18H23ClN2O2. The van der Waals surface area contributed by atoms with Crippen LogP contribution in [0.3, 0.4) is 0 Å². The number of rotatable bonds is 6. The van der Waals surface area contributed by atoms with Crippen molar-refractivity contribution in [3.63, 3.8) is 0 Å². The Morgan fingerprint density at radius 1 is 1.13 bits per heavy atom. The van der Waals surface area contributed by atoms with Gasteiger partial charge in [-0.05, 0) is 35.7 Å². The minimum atomic E-state index is -0.0784. The van der Waals surface area contributed by atoms with Crippen LogP contribution in [0.1, 0.15) is 19.4 Å². The van der Waals surface area contributed by atoms with Gasteiger partial charge in [0.1, 0.15) is 5.75 Å². The predicted octanol–water partition coefficient (Wildman–Crippen LogP) is 3.91. The van der Waals surface area contributed by atoms with Gasteiger partial charge in [0.2, 0.25) is 5.91 Å². The molecule has 124 valence electrons. The predicted molar refractivity (Wildman–Crippen MR) is 97.2 cm³/mol. The third-order valence-corrected chi connectivity index (χ3v) is 3.08. The molecule has 0 aliphatic rings. The molecule has 0 atom stereocenters. The standard InChI is InChI=1S/C18H22N2O2.ClH/c1-13(2)12-22-17-6-4-3-5-16(17)20-18(21)11-14-7-9-15(19)10-8-14;/h3-10,13H,11-12,19H2,1-2H3,(H,20,21);1H. The summed E-state index contributed by atoms with van der Waals surface area (Å²) in [6, 6.07) is 14.8. The molecule has 0 saturated heterocycles. The summed E-state index contributed by atoms with van der Waals surface area (Å²) in [6.07, 6.45) is 0.304. The summed E-state index contributed by atoms with van der Waals surface area (Å²) >= 11 is 0. The largest absolute Gasteiger partial charge is 0.491 e. The van der Waals surface area contributed by atoms with Crippen LogP contribution in [0.25, 0.3) is 0 Å². The van der Waals surface area contributed by atoms with Crippen LogP contribution < -0.4 is 15.8 Å². The first-order valence-corrected chi connectivity index (χ1v) is 7.40. The molecule has 3 N–H and O–H groups in total. The Hall–Kier alpha value is -2.20. The van der Waals surface area contributed by atoms with E-state index in [1.54, 1.807) is 12.1 Å². The fraction of sp³-hybridized carbons (Fsp3) is 0.278. The second kappa shape index (κ2) is 9.06. The number of nitrogen functional groups attached to an aromatic ring is 1. The van der Waals surface area contributed by atoms with E-state index in [2.05, 4.69) is 19.2 Å². The van der Waals surface area contributed by atoms with Crippen LogP contribution in [-0.4, -0.2) is 12.5 Å². The van der Waals surface area contributed by atoms with Gasteiger partial charge >= 0.3 is 0 Å². The summed E-state index contributed by atoms with van der Waals surface area (Å²) in [5, 5.41) is 2.90. The number of amides is 1. The van der Waals surface area contributed by atoms with E-state index in [4.69, 9.17) is 10.5 Å². The quantitative estimate of drug-likeness (QED) is 0.787. The zero-order chi connectivity index (χ0) is 15.9. The highest BCUT2D eigenvalue weighted by atomic mass is 35.5. The first-order chi connectivity index (χ1) is 10.5. The molecule has 5 heteroatoms. The number of para-hydroxylation sites is 2. The molecule has 2 aromatic rings. The van der Waals surface area contributed by atoms with Crippen molar-refractivity contribution >= 4 is 29.7 Å². The number of hydrogen-bond donors (Lipinski definition) is 2. The van der Waals surface area contributed by atoms with E-state index in [0.717, 1.165) is 5.56 Å². The lowest BCUT2D eigenvalue weighted by Crippen LogP contribution is -2.15. The lowest BCUT2D eigenvalue weighted by atomic mass is 10.1. The Kier molecular flexibility index (Phi) is 7.42. The summed E-state index contributed by atoms with van der Waals surface area (Å²) in [5.41, 5.74) is 7.95. The molecular weight excluding hydrogens is 312 g/mol. The smallest absolute Gasteiger partial charge is 0.228 e. The van der Waals surface area contributed by atoms with Gasteiger partial charge in [0.15, 0.2) is 0 Å². The SMILES string of the molecule is CC(C)COc1ccccc1NC(=O)Cc1ccc(N)cc1.Cl. The van der Waals surface area contributed by atoms with Crippen molar-refractivity contribution in [3.05, 3.63) is 54.1 Å². The summed E-state index contributed by atoms with van der Waals surface area (Å²) in [5.74, 6) is 1.05. The van der Waals surface area contributed by atoms with Gasteiger partial charge in [0, 0.05) is 5.69 Å². The van der Waals surface area contributed by atoms with Gasteiger partial charge in [0.05, 0.1) is 18.7 Å². The van der Waals surface area contributed by atoms with E-state index in [0.29, 0.717) is 36.1 Å². The minimum absolute atomic E-state index is 0. The first-order valence-electron chi connectivity index (χ1n) is 7.40. The van der Waals surface area contributed by atoms with Crippen LogP contribution in [0.4, 0.5) is 11.4 Å². The fourth-order valence-corrected chi connectivity index (χ4v) is 1.97. The van der Waals surface area contributed by atoms with Crippen molar-refractivity contribution in [2.75, 3.05) is 17.7 Å². The summed E-state index contributed by atoms with van der Waals surface area (Å²) in [6.45, 7) is 4.79. The maximum Gasteiger partial charge on any atom is 0.228 e. The van der Waals surface area contributed by atoms with E-state index in [1.807, 2.05) is 36.4 Å². The number of carbonyl (C=O) groups is 1. The number of nitrogens with one attached hydrogen (secondary N) is 1. The van der Waals surface area contributed by atoms with Gasteiger partial charge in [-0.1, -0.05) is 38.1 Å². The highest BCUT2D eigenvalue weighted by Gasteiger charge is 2.09. The number of hydrogen-bond acceptors (Lipinski definition) is 3. The van der Waals surface area contributed by atoms with Gasteiger partial charge in [-0.15, -0.1) is 12.4 Å². The summed E-state index contributed by atoms with van der Waals surface area (Å²) in [4.78, 5) is 12.2. The van der Waals surface area contributed by atoms with Gasteiger partial charge in [-0.25, -0.2) is 0 Å². The molecule has 1 amide bonds. The lowest BCUT2D eigenvalue weighted by molar-refractivity contribution is -0.115. The van der Waals surface area contributed by atoms with Gasteiger partial charge in [0.25, 0.3) is 0 Å². The Morgan fingerprint density at radius 3 is 2.43 bits per heavy atom. The molecule has 0 aliphatic heterocycles. The van der Waals surface area contributed by atoms with E-state index in [1.165, 1.54) is 0 Å². The molecule has 0 heterocycles. The molecule has 0 aromatic heterocycles. The molecule has 2 rings (SSSR count). The van der Waals surface area contributed by atoms with Crippen molar-refractivity contribution in [1.82, 2.24) is 0 Å². The first kappa shape index (κ1) is 18.8. The molecule has 0 radical (unpaired) electrons. The molecule has 0 bridgehead atoms. The zero-order valence-electron chi connectivity index (χ0n) is 13.4. The number of nitrogens with two attached hydrogens (primary N) is 1. The summed E-state index contributed by atoms with van der Waals surface area (Å²) < 4.78 is 5.73. The minimum Gasteiger partial charge on any atom is -0.491 e. The maximum atomic E-state index is 12.2. The topological polar surface area (TPSA) is 64.3 Å². The van der Waals surface area contributed by atoms with Crippen molar-refractivity contribution in [2.24, 2.45) is 5.92 Å².